The number of hydrazone groups is 1. The number of hydrogen-bond acceptors (Lipinski definition) is 4. The van der Waals surface area contributed by atoms with Gasteiger partial charge >= 0.3 is 0 Å². The summed E-state index contributed by atoms with van der Waals surface area (Å²) in [7, 11) is 1.54. The van der Waals surface area contributed by atoms with Gasteiger partial charge in [-0.15, -0.1) is 0 Å². The van der Waals surface area contributed by atoms with Crippen molar-refractivity contribution in [2.45, 2.75) is 85.2 Å². The number of fused-ring (bicyclic) bond motifs is 1. The van der Waals surface area contributed by atoms with E-state index in [1.54, 1.807) is 37.6 Å². The van der Waals surface area contributed by atoms with Crippen molar-refractivity contribution in [3.63, 3.8) is 0 Å². The van der Waals surface area contributed by atoms with Gasteiger partial charge in [-0.1, -0.05) is 101 Å². The van der Waals surface area contributed by atoms with E-state index >= 15 is 4.39 Å². The summed E-state index contributed by atoms with van der Waals surface area (Å²) in [5, 5.41) is 10.9. The Morgan fingerprint density at radius 2 is 1.79 bits per heavy atom. The van der Waals surface area contributed by atoms with Gasteiger partial charge in [-0.25, -0.2) is 8.78 Å². The van der Waals surface area contributed by atoms with E-state index in [0.717, 1.165) is 36.8 Å². The molecule has 0 bridgehead atoms. The first-order chi connectivity index (χ1) is 22.7. The fraction of sp³-hybridized carbons (Fsp3) is 0.359. The van der Waals surface area contributed by atoms with Gasteiger partial charge in [0.1, 0.15) is 11.9 Å². The molecule has 3 aliphatic rings. The Hall–Kier alpha value is -4.59. The van der Waals surface area contributed by atoms with Gasteiger partial charge in [-0.3, -0.25) is 14.6 Å². The van der Waals surface area contributed by atoms with E-state index in [9.17, 15) is 14.0 Å². The van der Waals surface area contributed by atoms with Crippen molar-refractivity contribution in [1.29, 1.82) is 0 Å². The largest absolute Gasteiger partial charge is 0.355 e. The predicted octanol–water partition coefficient (Wildman–Crippen LogP) is 8.91. The second kappa shape index (κ2) is 22.8. The number of halogens is 2. The van der Waals surface area contributed by atoms with Crippen LogP contribution in [0.5, 0.6) is 0 Å². The van der Waals surface area contributed by atoms with Crippen molar-refractivity contribution in [3.05, 3.63) is 126 Å². The molecule has 4 rings (SSSR count). The Morgan fingerprint density at radius 3 is 2.34 bits per heavy atom. The minimum atomic E-state index is -0.687. The molecule has 2 heterocycles. The lowest BCUT2D eigenvalue weighted by Crippen LogP contribution is -2.34. The molecule has 1 unspecified atom stereocenters. The SMILES string of the molecule is C/C=C\C=C/CC.CCC.CCc1ccc(C2=C(F)C3C=C(C(=O)NC)C=NN3C=C2)c(C)c1.O=CNC1(/C=C/C=C\C=C\F)CC1. The number of nitrogens with one attached hydrogen (secondary N) is 2. The minimum absolute atomic E-state index is 0.120. The monoisotopic (exact) mass is 646 g/mol. The molecule has 2 N–H and O–H groups in total. The van der Waals surface area contributed by atoms with E-state index in [-0.39, 0.29) is 17.3 Å². The zero-order valence-electron chi connectivity index (χ0n) is 29.0. The third-order valence-electron chi connectivity index (χ3n) is 6.97. The lowest BCUT2D eigenvalue weighted by atomic mass is 9.93. The van der Waals surface area contributed by atoms with E-state index in [1.807, 2.05) is 50.3 Å². The fourth-order valence-corrected chi connectivity index (χ4v) is 4.29. The summed E-state index contributed by atoms with van der Waals surface area (Å²) in [5.41, 5.74) is 3.91. The topological polar surface area (TPSA) is 73.8 Å². The number of allylic oxidation sites excluding steroid dienone is 10. The third-order valence-corrected chi connectivity index (χ3v) is 6.97. The highest BCUT2D eigenvalue weighted by atomic mass is 19.1. The van der Waals surface area contributed by atoms with Crippen molar-refractivity contribution in [2.24, 2.45) is 5.10 Å². The second-order valence-electron chi connectivity index (χ2n) is 10.9. The van der Waals surface area contributed by atoms with Crippen LogP contribution in [0.15, 0.2) is 114 Å². The quantitative estimate of drug-likeness (QED) is 0.197. The van der Waals surface area contributed by atoms with Gasteiger partial charge in [0.2, 0.25) is 6.41 Å². The van der Waals surface area contributed by atoms with Crippen molar-refractivity contribution in [3.8, 4) is 0 Å². The lowest BCUT2D eigenvalue weighted by Gasteiger charge is -2.30. The van der Waals surface area contributed by atoms with E-state index < -0.39 is 6.04 Å². The molecule has 2 amide bonds. The maximum Gasteiger partial charge on any atom is 0.252 e. The number of carbonyl (C=O) groups is 2. The van der Waals surface area contributed by atoms with Crippen molar-refractivity contribution < 1.29 is 18.4 Å². The minimum Gasteiger partial charge on any atom is -0.355 e. The average molecular weight is 647 g/mol. The van der Waals surface area contributed by atoms with Gasteiger partial charge in [0.25, 0.3) is 5.91 Å². The molecule has 47 heavy (non-hydrogen) atoms. The smallest absolute Gasteiger partial charge is 0.252 e. The highest BCUT2D eigenvalue weighted by Crippen LogP contribution is 2.36. The van der Waals surface area contributed by atoms with Crippen LogP contribution in [0.1, 0.15) is 77.0 Å². The van der Waals surface area contributed by atoms with Crippen molar-refractivity contribution >= 4 is 24.1 Å². The summed E-state index contributed by atoms with van der Waals surface area (Å²) in [4.78, 5) is 22.0. The van der Waals surface area contributed by atoms with Crippen LogP contribution < -0.4 is 10.6 Å². The molecule has 8 heteroatoms. The lowest BCUT2D eigenvalue weighted by molar-refractivity contribution is -0.116. The Morgan fingerprint density at radius 1 is 1.09 bits per heavy atom. The average Bonchev–Trinajstić information content (AvgIpc) is 3.85. The van der Waals surface area contributed by atoms with Crippen LogP contribution in [-0.4, -0.2) is 42.2 Å². The van der Waals surface area contributed by atoms with Gasteiger partial charge in [0.15, 0.2) is 0 Å². The normalized spacial score (nSPS) is 17.5. The number of hydrogen-bond donors (Lipinski definition) is 2. The standard InChI is InChI=1S/C19H20FN3O.C10H12FNO.C7H12.C3H8/c1-4-13-5-6-15(12(2)9-13)16-7-8-23-17(18(16)20)10-14(11-22-23)19(24)21-3;11-8-4-2-1-3-5-10(6-7-10)12-9-13;1-3-5-7-6-4-2;1-3-2/h5-11,17H,4H2,1-3H3,(H,21,24);1-5,8-9H,6-7H2,(H,12,13);3,5-7H,4H2,1-2H3;3H2,1-2H3/b;2-1-,5-3+,8-4+;5-3-,7-6-;. The molecule has 0 spiro atoms. The highest BCUT2D eigenvalue weighted by molar-refractivity contribution is 6.12. The number of likely N-dealkylation sites (N-methyl/N-ethyl adjacent to an activating group) is 1. The number of benzene rings is 1. The van der Waals surface area contributed by atoms with E-state index in [0.29, 0.717) is 23.9 Å². The molecular formula is C39H52F2N4O2. The first kappa shape index (κ1) is 40.4. The maximum absolute atomic E-state index is 15.1. The molecule has 1 aromatic rings. The van der Waals surface area contributed by atoms with Crippen LogP contribution in [0.4, 0.5) is 8.78 Å². The van der Waals surface area contributed by atoms with Crippen LogP contribution in [0.25, 0.3) is 5.57 Å². The number of rotatable bonds is 10. The number of carbonyl (C=O) groups excluding carboxylic acids is 2. The zero-order chi connectivity index (χ0) is 35.1. The molecule has 2 aliphatic heterocycles. The van der Waals surface area contributed by atoms with Crippen LogP contribution in [0.2, 0.25) is 0 Å². The van der Waals surface area contributed by atoms with Gasteiger partial charge < -0.3 is 10.6 Å². The summed E-state index contributed by atoms with van der Waals surface area (Å²) >= 11 is 0. The van der Waals surface area contributed by atoms with E-state index in [1.165, 1.54) is 29.3 Å². The third kappa shape index (κ3) is 14.2. The second-order valence-corrected chi connectivity index (χ2v) is 10.9. The maximum atomic E-state index is 15.1. The summed E-state index contributed by atoms with van der Waals surface area (Å²) in [5.74, 6) is -0.575. The molecular weight excluding hydrogens is 594 g/mol. The first-order valence-corrected chi connectivity index (χ1v) is 16.2. The molecule has 1 aromatic carbocycles. The molecule has 6 nitrogen and oxygen atoms in total. The van der Waals surface area contributed by atoms with Crippen LogP contribution in [0.3, 0.4) is 0 Å². The molecule has 0 radical (unpaired) electrons. The van der Waals surface area contributed by atoms with Gasteiger partial charge in [0, 0.05) is 18.8 Å². The number of nitrogens with zero attached hydrogens (tertiary/aromatic N) is 2. The Kier molecular flexibility index (Phi) is 19.7. The number of aryl methyl sites for hydroxylation is 2. The van der Waals surface area contributed by atoms with E-state index in [2.05, 4.69) is 61.6 Å². The van der Waals surface area contributed by atoms with E-state index in [4.69, 9.17) is 0 Å². The molecule has 1 fully saturated rings. The Balaban J connectivity index is 0.000000401. The first-order valence-electron chi connectivity index (χ1n) is 16.2. The summed E-state index contributed by atoms with van der Waals surface area (Å²) < 4.78 is 26.6. The van der Waals surface area contributed by atoms with Crippen LogP contribution >= 0.6 is 0 Å². The molecule has 1 atom stereocenters. The number of amides is 2. The van der Waals surface area contributed by atoms with Crippen LogP contribution in [0, 0.1) is 6.92 Å². The molecule has 254 valence electrons. The molecule has 1 aliphatic carbocycles. The molecule has 0 aromatic heterocycles. The summed E-state index contributed by atoms with van der Waals surface area (Å²) in [6.07, 6.45) is 29.6. The Bertz CT molecular complexity index is 1410. The van der Waals surface area contributed by atoms with Gasteiger partial charge in [-0.05, 0) is 74.4 Å². The van der Waals surface area contributed by atoms with Crippen molar-refractivity contribution in [1.82, 2.24) is 15.6 Å². The fourth-order valence-electron chi connectivity index (χ4n) is 4.29. The van der Waals surface area contributed by atoms with Crippen molar-refractivity contribution in [2.75, 3.05) is 7.05 Å². The predicted molar refractivity (Wildman–Crippen MR) is 194 cm³/mol. The van der Waals surface area contributed by atoms with Gasteiger partial charge in [-0.2, -0.15) is 5.10 Å². The summed E-state index contributed by atoms with van der Waals surface area (Å²) in [6, 6.07) is 5.37. The van der Waals surface area contributed by atoms with Gasteiger partial charge in [0.05, 0.1) is 23.7 Å². The molecule has 0 saturated heterocycles. The summed E-state index contributed by atoms with van der Waals surface area (Å²) in [6.45, 7) is 12.5. The Labute approximate surface area is 280 Å². The molecule has 1 saturated carbocycles. The van der Waals surface area contributed by atoms with Crippen LogP contribution in [-0.2, 0) is 16.0 Å². The highest BCUT2D eigenvalue weighted by Gasteiger charge is 2.39. The zero-order valence-corrected chi connectivity index (χ0v) is 29.0.